The molecular formula is C30H18ClF5N6O2. The summed E-state index contributed by atoms with van der Waals surface area (Å²) in [4.78, 5) is 32.5. The van der Waals surface area contributed by atoms with E-state index in [9.17, 15) is 31.5 Å². The van der Waals surface area contributed by atoms with Crippen LogP contribution < -0.4 is 15.5 Å². The largest absolute Gasteiger partial charge is 0.416 e. The summed E-state index contributed by atoms with van der Waals surface area (Å²) in [5.74, 6) is -2.92. The third-order valence-corrected chi connectivity index (χ3v) is 8.03. The van der Waals surface area contributed by atoms with Gasteiger partial charge in [-0.25, -0.2) is 23.1 Å². The van der Waals surface area contributed by atoms with Gasteiger partial charge in [-0.05, 0) is 66.6 Å². The summed E-state index contributed by atoms with van der Waals surface area (Å²) < 4.78 is 70.6. The fourth-order valence-electron chi connectivity index (χ4n) is 5.82. The minimum absolute atomic E-state index is 0.0796. The SMILES string of the molecule is O=C(Nc1cc(-c2cccc3ncnn23)c2c3c1C(c1cc(F)ccc1Cl)NC(=O)N3CC2)c1cc(F)cc(C(F)(F)F)c1. The second-order valence-corrected chi connectivity index (χ2v) is 10.7. The molecular weight excluding hydrogens is 607 g/mol. The average molecular weight is 625 g/mol. The summed E-state index contributed by atoms with van der Waals surface area (Å²) in [6.45, 7) is 0.272. The molecule has 2 aliphatic rings. The molecule has 222 valence electrons. The van der Waals surface area contributed by atoms with Crippen LogP contribution in [0.3, 0.4) is 0 Å². The topological polar surface area (TPSA) is 91.6 Å². The maximum Gasteiger partial charge on any atom is 0.416 e. The van der Waals surface area contributed by atoms with Crippen LogP contribution in [0.5, 0.6) is 0 Å². The number of hydrogen-bond acceptors (Lipinski definition) is 4. The zero-order chi connectivity index (χ0) is 30.9. The van der Waals surface area contributed by atoms with Gasteiger partial charge in [0.15, 0.2) is 5.65 Å². The summed E-state index contributed by atoms with van der Waals surface area (Å²) >= 11 is 6.46. The Bertz CT molecular complexity index is 2030. The second kappa shape index (κ2) is 10.0. The number of benzene rings is 3. The molecule has 44 heavy (non-hydrogen) atoms. The fourth-order valence-corrected chi connectivity index (χ4v) is 6.05. The molecule has 0 saturated carbocycles. The molecule has 0 bridgehead atoms. The normalized spacial score (nSPS) is 15.8. The summed E-state index contributed by atoms with van der Waals surface area (Å²) in [6.07, 6.45) is -3.12. The molecule has 2 aliphatic heterocycles. The van der Waals surface area contributed by atoms with Gasteiger partial charge in [-0.1, -0.05) is 17.7 Å². The summed E-state index contributed by atoms with van der Waals surface area (Å²) in [5.41, 5.74) is 1.49. The number of alkyl halides is 3. The number of anilines is 2. The predicted octanol–water partition coefficient (Wildman–Crippen LogP) is 6.77. The van der Waals surface area contributed by atoms with Crippen LogP contribution in [-0.2, 0) is 12.6 Å². The van der Waals surface area contributed by atoms with Gasteiger partial charge in [0, 0.05) is 39.5 Å². The number of carbonyl (C=O) groups excluding carboxylic acids is 2. The smallest absolute Gasteiger partial charge is 0.327 e. The van der Waals surface area contributed by atoms with Gasteiger partial charge in [0.05, 0.1) is 23.0 Å². The van der Waals surface area contributed by atoms with Gasteiger partial charge in [-0.2, -0.15) is 18.3 Å². The molecule has 1 unspecified atom stereocenters. The van der Waals surface area contributed by atoms with Gasteiger partial charge in [0.25, 0.3) is 5.91 Å². The first-order valence-corrected chi connectivity index (χ1v) is 13.6. The van der Waals surface area contributed by atoms with Crippen molar-refractivity contribution in [1.82, 2.24) is 19.9 Å². The number of aromatic nitrogens is 3. The minimum Gasteiger partial charge on any atom is -0.327 e. The van der Waals surface area contributed by atoms with Crippen LogP contribution in [0.1, 0.15) is 38.7 Å². The highest BCUT2D eigenvalue weighted by atomic mass is 35.5. The van der Waals surface area contributed by atoms with E-state index in [4.69, 9.17) is 11.6 Å². The van der Waals surface area contributed by atoms with E-state index in [-0.39, 0.29) is 22.8 Å². The maximum absolute atomic E-state index is 14.5. The van der Waals surface area contributed by atoms with Crippen molar-refractivity contribution in [2.75, 3.05) is 16.8 Å². The quantitative estimate of drug-likeness (QED) is 0.216. The first kappa shape index (κ1) is 27.8. The Hall–Kier alpha value is -5.04. The van der Waals surface area contributed by atoms with Crippen molar-refractivity contribution in [2.45, 2.75) is 18.6 Å². The molecule has 4 heterocycles. The molecule has 0 fully saturated rings. The first-order chi connectivity index (χ1) is 21.0. The molecule has 2 N–H and O–H groups in total. The molecule has 8 nitrogen and oxygen atoms in total. The number of amides is 3. The molecule has 14 heteroatoms. The van der Waals surface area contributed by atoms with E-state index in [0.29, 0.717) is 52.8 Å². The van der Waals surface area contributed by atoms with E-state index in [1.807, 2.05) is 0 Å². The van der Waals surface area contributed by atoms with Gasteiger partial charge in [0.1, 0.15) is 18.0 Å². The van der Waals surface area contributed by atoms with Crippen LogP contribution >= 0.6 is 11.6 Å². The molecule has 5 aromatic rings. The van der Waals surface area contributed by atoms with Crippen molar-refractivity contribution >= 4 is 40.6 Å². The van der Waals surface area contributed by atoms with Gasteiger partial charge < -0.3 is 10.6 Å². The lowest BCUT2D eigenvalue weighted by Crippen LogP contribution is -2.46. The third-order valence-electron chi connectivity index (χ3n) is 7.68. The molecule has 0 spiro atoms. The van der Waals surface area contributed by atoms with E-state index in [1.165, 1.54) is 17.3 Å². The lowest BCUT2D eigenvalue weighted by atomic mass is 9.88. The Morgan fingerprint density at radius 3 is 2.66 bits per heavy atom. The number of pyridine rings is 1. The van der Waals surface area contributed by atoms with Gasteiger partial charge in [-0.3, -0.25) is 9.69 Å². The summed E-state index contributed by atoms with van der Waals surface area (Å²) in [5, 5.41) is 9.87. The van der Waals surface area contributed by atoms with Crippen LogP contribution in [0.25, 0.3) is 16.9 Å². The Kier molecular flexibility index (Phi) is 6.32. The van der Waals surface area contributed by atoms with Gasteiger partial charge in [0.2, 0.25) is 0 Å². The van der Waals surface area contributed by atoms with E-state index >= 15 is 0 Å². The van der Waals surface area contributed by atoms with Crippen LogP contribution in [0.4, 0.5) is 38.1 Å². The van der Waals surface area contributed by atoms with Crippen molar-refractivity contribution in [2.24, 2.45) is 0 Å². The van der Waals surface area contributed by atoms with Crippen molar-refractivity contribution in [1.29, 1.82) is 0 Å². The molecule has 2 aromatic heterocycles. The molecule has 3 amide bonds. The molecule has 1 atom stereocenters. The van der Waals surface area contributed by atoms with Gasteiger partial charge in [-0.15, -0.1) is 0 Å². The number of rotatable bonds is 4. The fraction of sp³-hybridized carbons (Fsp3) is 0.133. The van der Waals surface area contributed by atoms with E-state index < -0.39 is 46.9 Å². The molecule has 0 saturated heterocycles. The molecule has 0 aliphatic carbocycles. The lowest BCUT2D eigenvalue weighted by Gasteiger charge is -2.35. The number of nitrogens with one attached hydrogen (secondary N) is 2. The molecule has 3 aromatic carbocycles. The number of urea groups is 1. The van der Waals surface area contributed by atoms with Crippen molar-refractivity contribution < 1.29 is 31.5 Å². The van der Waals surface area contributed by atoms with Crippen LogP contribution in [0, 0.1) is 11.6 Å². The van der Waals surface area contributed by atoms with Crippen LogP contribution in [0.2, 0.25) is 5.02 Å². The van der Waals surface area contributed by atoms with E-state index in [0.717, 1.165) is 17.7 Å². The van der Waals surface area contributed by atoms with Crippen LogP contribution in [-0.4, -0.2) is 33.1 Å². The number of carbonyl (C=O) groups is 2. The van der Waals surface area contributed by atoms with E-state index in [2.05, 4.69) is 20.7 Å². The highest BCUT2D eigenvalue weighted by Crippen LogP contribution is 2.50. The Morgan fingerprint density at radius 1 is 1.05 bits per heavy atom. The average Bonchev–Trinajstić information content (AvgIpc) is 3.64. The van der Waals surface area contributed by atoms with Crippen molar-refractivity contribution in [3.63, 3.8) is 0 Å². The first-order valence-electron chi connectivity index (χ1n) is 13.2. The van der Waals surface area contributed by atoms with Crippen molar-refractivity contribution in [3.8, 4) is 11.3 Å². The van der Waals surface area contributed by atoms with Gasteiger partial charge >= 0.3 is 12.2 Å². The number of nitrogens with zero attached hydrogens (tertiary/aromatic N) is 4. The summed E-state index contributed by atoms with van der Waals surface area (Å²) in [7, 11) is 0. The van der Waals surface area contributed by atoms with Crippen molar-refractivity contribution in [3.05, 3.63) is 111 Å². The number of fused-ring (bicyclic) bond motifs is 1. The number of hydrogen-bond donors (Lipinski definition) is 2. The maximum atomic E-state index is 14.5. The second-order valence-electron chi connectivity index (χ2n) is 10.3. The monoisotopic (exact) mass is 624 g/mol. The highest BCUT2D eigenvalue weighted by Gasteiger charge is 2.41. The Balaban J connectivity index is 1.47. The highest BCUT2D eigenvalue weighted by molar-refractivity contribution is 6.31. The Morgan fingerprint density at radius 2 is 1.86 bits per heavy atom. The zero-order valence-corrected chi connectivity index (χ0v) is 23.0. The molecule has 0 radical (unpaired) electrons. The molecule has 7 rings (SSSR count). The third kappa shape index (κ3) is 4.51. The van der Waals surface area contributed by atoms with E-state index in [1.54, 1.807) is 28.8 Å². The van der Waals surface area contributed by atoms with Crippen LogP contribution in [0.15, 0.2) is 67.0 Å². The zero-order valence-electron chi connectivity index (χ0n) is 22.2. The number of halogens is 6. The minimum atomic E-state index is -4.90. The standard InChI is InChI=1S/C30H18ClF5N6O2/c31-21-5-4-16(32)11-20(21)26-25-22(39-28(43)14-8-15(30(34,35)36)10-17(33)9-14)12-19(18-6-7-41(27(18)25)29(44)40-26)23-2-1-3-24-37-13-38-42(23)24/h1-5,8-13,26H,6-7H2,(H,39,43)(H,40,44). The predicted molar refractivity (Wildman–Crippen MR) is 151 cm³/mol. The Labute approximate surface area is 250 Å². The summed E-state index contributed by atoms with van der Waals surface area (Å²) in [6, 6.07) is 10.5. The lowest BCUT2D eigenvalue weighted by molar-refractivity contribution is -0.137.